The van der Waals surface area contributed by atoms with E-state index in [-0.39, 0.29) is 0 Å². The third kappa shape index (κ3) is 32.9. The molecule has 0 atom stereocenters. The molecule has 0 spiro atoms. The van der Waals surface area contributed by atoms with Crippen molar-refractivity contribution in [2.45, 2.75) is 125 Å². The van der Waals surface area contributed by atoms with Crippen LogP contribution in [0.3, 0.4) is 0 Å². The molecule has 0 aromatic heterocycles. The molecule has 0 saturated heterocycles. The van der Waals surface area contributed by atoms with Crippen LogP contribution < -0.4 is 0 Å². The molecule has 0 fully saturated rings. The maximum absolute atomic E-state index is 10.7. The van der Waals surface area contributed by atoms with Crippen molar-refractivity contribution >= 4 is 5.78 Å². The summed E-state index contributed by atoms with van der Waals surface area (Å²) in [5, 5.41) is 0. The predicted molar refractivity (Wildman–Crippen MR) is 99.1 cm³/mol. The zero-order valence-electron chi connectivity index (χ0n) is 16.1. The first kappa shape index (κ1) is 25.6. The van der Waals surface area contributed by atoms with E-state index in [2.05, 4.69) is 6.92 Å². The second-order valence-corrected chi connectivity index (χ2v) is 5.34. The van der Waals surface area contributed by atoms with Crippen LogP contribution in [0.2, 0.25) is 0 Å². The normalized spacial score (nSPS) is 9.24. The lowest BCUT2D eigenvalue weighted by Gasteiger charge is -2.02. The Balaban J connectivity index is -0.000000739. The Morgan fingerprint density at radius 3 is 1.14 bits per heavy atom. The summed E-state index contributed by atoms with van der Waals surface area (Å²) in [6.07, 6.45) is 17.1. The van der Waals surface area contributed by atoms with E-state index in [0.717, 1.165) is 12.8 Å². The van der Waals surface area contributed by atoms with Gasteiger partial charge in [-0.15, -0.1) is 0 Å². The lowest BCUT2D eigenvalue weighted by atomic mass is 10.0. The molecule has 130 valence electrons. The van der Waals surface area contributed by atoms with E-state index in [1.807, 2.05) is 27.7 Å². The van der Waals surface area contributed by atoms with Gasteiger partial charge in [0.1, 0.15) is 5.78 Å². The molecule has 0 amide bonds. The van der Waals surface area contributed by atoms with Gasteiger partial charge in [-0.1, -0.05) is 105 Å². The first-order valence-corrected chi connectivity index (χ1v) is 9.76. The van der Waals surface area contributed by atoms with Gasteiger partial charge >= 0.3 is 0 Å². The van der Waals surface area contributed by atoms with Gasteiger partial charge in [0.2, 0.25) is 0 Å². The smallest absolute Gasteiger partial charge is 0.129 e. The predicted octanol–water partition coefficient (Wildman–Crippen LogP) is 7.72. The quantitative estimate of drug-likeness (QED) is 0.318. The molecular weight excluding hydrogens is 256 g/mol. The van der Waals surface area contributed by atoms with Crippen LogP contribution in [0.1, 0.15) is 125 Å². The minimum Gasteiger partial charge on any atom is -0.300 e. The van der Waals surface area contributed by atoms with Gasteiger partial charge in [-0.2, -0.15) is 0 Å². The molecule has 0 aliphatic rings. The number of hydrogen-bond donors (Lipinski definition) is 0. The van der Waals surface area contributed by atoms with Gasteiger partial charge in [0.15, 0.2) is 0 Å². The summed E-state index contributed by atoms with van der Waals surface area (Å²) in [6, 6.07) is 0. The molecule has 1 nitrogen and oxygen atoms in total. The van der Waals surface area contributed by atoms with E-state index < -0.39 is 0 Å². The van der Waals surface area contributed by atoms with Gasteiger partial charge in [-0.25, -0.2) is 0 Å². The third-order valence-electron chi connectivity index (χ3n) is 3.38. The number of carbonyl (C=O) groups is 1. The minimum absolute atomic E-state index is 0.345. The van der Waals surface area contributed by atoms with E-state index in [1.165, 1.54) is 70.6 Å². The molecular formula is C20H44O. The molecule has 0 bridgehead atoms. The van der Waals surface area contributed by atoms with E-state index >= 15 is 0 Å². The van der Waals surface area contributed by atoms with Crippen LogP contribution in [-0.2, 0) is 4.79 Å². The van der Waals surface area contributed by atoms with Crippen molar-refractivity contribution in [3.63, 3.8) is 0 Å². The van der Waals surface area contributed by atoms with E-state index in [1.54, 1.807) is 6.92 Å². The second kappa shape index (κ2) is 27.9. The molecule has 0 rings (SSSR count). The number of rotatable bonds is 13. The number of carbonyl (C=O) groups excluding carboxylic acids is 1. The summed E-state index contributed by atoms with van der Waals surface area (Å²) in [6.45, 7) is 12.0. The van der Waals surface area contributed by atoms with Gasteiger partial charge in [0.25, 0.3) is 0 Å². The molecule has 21 heavy (non-hydrogen) atoms. The average molecular weight is 301 g/mol. The fourth-order valence-electron chi connectivity index (χ4n) is 2.21. The Morgan fingerprint density at radius 1 is 0.571 bits per heavy atom. The largest absolute Gasteiger partial charge is 0.300 e. The summed E-state index contributed by atoms with van der Waals surface area (Å²) in [5.41, 5.74) is 0. The first-order valence-electron chi connectivity index (χ1n) is 9.76. The number of ketones is 1. The molecule has 0 aromatic carbocycles. The lowest BCUT2D eigenvalue weighted by molar-refractivity contribution is -0.117. The summed E-state index contributed by atoms with van der Waals surface area (Å²) in [4.78, 5) is 10.7. The Labute approximate surface area is 136 Å². The summed E-state index contributed by atoms with van der Waals surface area (Å²) < 4.78 is 0. The van der Waals surface area contributed by atoms with Crippen LogP contribution in [-0.4, -0.2) is 5.78 Å². The van der Waals surface area contributed by atoms with Crippen molar-refractivity contribution in [3.8, 4) is 0 Å². The van der Waals surface area contributed by atoms with Crippen LogP contribution in [0, 0.1) is 0 Å². The maximum atomic E-state index is 10.7. The Morgan fingerprint density at radius 2 is 0.857 bits per heavy atom. The van der Waals surface area contributed by atoms with Crippen molar-refractivity contribution < 1.29 is 4.79 Å². The third-order valence-corrected chi connectivity index (χ3v) is 3.38. The second-order valence-electron chi connectivity index (χ2n) is 5.34. The highest BCUT2D eigenvalue weighted by atomic mass is 16.1. The van der Waals surface area contributed by atoms with E-state index in [9.17, 15) is 4.79 Å². The van der Waals surface area contributed by atoms with Crippen LogP contribution in [0.25, 0.3) is 0 Å². The minimum atomic E-state index is 0.345. The van der Waals surface area contributed by atoms with Crippen molar-refractivity contribution in [2.75, 3.05) is 0 Å². The molecule has 0 aliphatic heterocycles. The van der Waals surface area contributed by atoms with Crippen molar-refractivity contribution in [1.29, 1.82) is 0 Å². The summed E-state index contributed by atoms with van der Waals surface area (Å²) in [5.74, 6) is 0.345. The number of hydrogen-bond acceptors (Lipinski definition) is 1. The molecule has 0 radical (unpaired) electrons. The summed E-state index contributed by atoms with van der Waals surface area (Å²) >= 11 is 0. The van der Waals surface area contributed by atoms with Crippen LogP contribution in [0.4, 0.5) is 0 Å². The zero-order chi connectivity index (χ0) is 16.8. The van der Waals surface area contributed by atoms with Gasteiger partial charge in [-0.05, 0) is 13.3 Å². The highest BCUT2D eigenvalue weighted by Crippen LogP contribution is 2.12. The molecule has 0 aliphatic carbocycles. The molecule has 0 unspecified atom stereocenters. The maximum Gasteiger partial charge on any atom is 0.129 e. The SMILES string of the molecule is CC.CC.CCCCCCCCCCCCCCC(C)=O. The topological polar surface area (TPSA) is 17.1 Å². The fourth-order valence-corrected chi connectivity index (χ4v) is 2.21. The number of unbranched alkanes of at least 4 members (excludes halogenated alkanes) is 11. The summed E-state index contributed by atoms with van der Waals surface area (Å²) in [7, 11) is 0. The molecule has 1 heteroatoms. The lowest BCUT2D eigenvalue weighted by Crippen LogP contribution is -1.89. The van der Waals surface area contributed by atoms with Gasteiger partial charge in [0, 0.05) is 6.42 Å². The molecule has 0 saturated carbocycles. The van der Waals surface area contributed by atoms with Gasteiger partial charge < -0.3 is 4.79 Å². The monoisotopic (exact) mass is 300 g/mol. The Kier molecular flexibility index (Phi) is 34.1. The van der Waals surface area contributed by atoms with E-state index in [4.69, 9.17) is 0 Å². The van der Waals surface area contributed by atoms with E-state index in [0.29, 0.717) is 5.78 Å². The zero-order valence-corrected chi connectivity index (χ0v) is 16.1. The van der Waals surface area contributed by atoms with Crippen LogP contribution >= 0.6 is 0 Å². The van der Waals surface area contributed by atoms with Crippen molar-refractivity contribution in [3.05, 3.63) is 0 Å². The van der Waals surface area contributed by atoms with Gasteiger partial charge in [0.05, 0.1) is 0 Å². The highest BCUT2D eigenvalue weighted by Gasteiger charge is 1.95. The van der Waals surface area contributed by atoms with Crippen molar-refractivity contribution in [1.82, 2.24) is 0 Å². The average Bonchev–Trinajstić information content (AvgIpc) is 2.52. The first-order chi connectivity index (χ1) is 10.3. The molecule has 0 N–H and O–H groups in total. The Bertz CT molecular complexity index is 163. The highest BCUT2D eigenvalue weighted by molar-refractivity contribution is 5.75. The molecule has 0 aromatic rings. The molecule has 0 heterocycles. The standard InChI is InChI=1S/C16H32O.2C2H6/c1-3-4-5-6-7-8-9-10-11-12-13-14-15-16(2)17;2*1-2/h3-15H2,1-2H3;2*1-2H3. The van der Waals surface area contributed by atoms with Gasteiger partial charge in [-0.3, -0.25) is 0 Å². The van der Waals surface area contributed by atoms with Crippen molar-refractivity contribution in [2.24, 2.45) is 0 Å². The van der Waals surface area contributed by atoms with Crippen LogP contribution in [0.5, 0.6) is 0 Å². The van der Waals surface area contributed by atoms with Crippen LogP contribution in [0.15, 0.2) is 0 Å². The Hall–Kier alpha value is -0.330. The fraction of sp³-hybridized carbons (Fsp3) is 0.950. The number of Topliss-reactive ketones (excluding diaryl/α,β-unsaturated/α-hetero) is 1.